The lowest BCUT2D eigenvalue weighted by atomic mass is 9.62. The Bertz CT molecular complexity index is 298. The molecular weight excluding hydrogens is 252 g/mol. The van der Waals surface area contributed by atoms with Gasteiger partial charge in [-0.25, -0.2) is 4.79 Å². The molecule has 1 amide bonds. The number of hydrogen-bond acceptors (Lipinski definition) is 3. The van der Waals surface area contributed by atoms with Crippen LogP contribution < -0.4 is 10.6 Å². The summed E-state index contributed by atoms with van der Waals surface area (Å²) in [4.78, 5) is 11.8. The van der Waals surface area contributed by atoms with Crippen molar-refractivity contribution in [2.24, 2.45) is 5.41 Å². The number of hydrogen-bond donors (Lipinski definition) is 2. The van der Waals surface area contributed by atoms with Crippen LogP contribution >= 0.6 is 12.4 Å². The highest BCUT2D eigenvalue weighted by molar-refractivity contribution is 5.85. The minimum atomic E-state index is -0.413. The van der Waals surface area contributed by atoms with Crippen LogP contribution in [0.1, 0.15) is 46.5 Å². The molecule has 2 N–H and O–H groups in total. The summed E-state index contributed by atoms with van der Waals surface area (Å²) in [6, 6.07) is 0.285. The lowest BCUT2D eigenvalue weighted by Crippen LogP contribution is -2.60. The van der Waals surface area contributed by atoms with E-state index in [0.717, 1.165) is 19.5 Å². The maximum absolute atomic E-state index is 11.8. The smallest absolute Gasteiger partial charge is 0.407 e. The molecule has 0 radical (unpaired) electrons. The quantitative estimate of drug-likeness (QED) is 0.774. The van der Waals surface area contributed by atoms with Gasteiger partial charge in [-0.2, -0.15) is 0 Å². The highest BCUT2D eigenvalue weighted by atomic mass is 35.5. The molecule has 0 bridgehead atoms. The van der Waals surface area contributed by atoms with Crippen LogP contribution in [0.25, 0.3) is 0 Å². The predicted octanol–water partition coefficient (Wildman–Crippen LogP) is 2.47. The molecule has 106 valence electrons. The first-order valence-corrected chi connectivity index (χ1v) is 6.62. The number of amides is 1. The largest absolute Gasteiger partial charge is 0.444 e. The van der Waals surface area contributed by atoms with Gasteiger partial charge in [-0.1, -0.05) is 6.42 Å². The van der Waals surface area contributed by atoms with Crippen molar-refractivity contribution in [3.63, 3.8) is 0 Å². The molecular formula is C13H25ClN2O2. The van der Waals surface area contributed by atoms with E-state index in [9.17, 15) is 4.79 Å². The minimum absolute atomic E-state index is 0. The van der Waals surface area contributed by atoms with Gasteiger partial charge in [0.1, 0.15) is 5.60 Å². The summed E-state index contributed by atoms with van der Waals surface area (Å²) in [7, 11) is 0. The highest BCUT2D eigenvalue weighted by Crippen LogP contribution is 2.45. The summed E-state index contributed by atoms with van der Waals surface area (Å²) in [5.74, 6) is 0. The fraction of sp³-hybridized carbons (Fsp3) is 0.923. The van der Waals surface area contributed by atoms with Crippen LogP contribution in [0.2, 0.25) is 0 Å². The van der Waals surface area contributed by atoms with E-state index in [1.807, 2.05) is 20.8 Å². The molecule has 4 nitrogen and oxygen atoms in total. The third-order valence-corrected chi connectivity index (χ3v) is 3.87. The minimum Gasteiger partial charge on any atom is -0.444 e. The SMILES string of the molecule is CC(C)(C)OC(=O)NC1CCNCC12CCC2.Cl. The van der Waals surface area contributed by atoms with Crippen molar-refractivity contribution in [2.75, 3.05) is 13.1 Å². The molecule has 0 aromatic rings. The van der Waals surface area contributed by atoms with Gasteiger partial charge in [0.25, 0.3) is 0 Å². The van der Waals surface area contributed by atoms with Gasteiger partial charge in [-0.15, -0.1) is 12.4 Å². The summed E-state index contributed by atoms with van der Waals surface area (Å²) in [6.45, 7) is 7.71. The normalized spacial score (nSPS) is 25.8. The van der Waals surface area contributed by atoms with E-state index in [2.05, 4.69) is 10.6 Å². The van der Waals surface area contributed by atoms with E-state index in [-0.39, 0.29) is 24.5 Å². The summed E-state index contributed by atoms with van der Waals surface area (Å²) in [5.41, 5.74) is -0.112. The number of rotatable bonds is 1. The fourth-order valence-corrected chi connectivity index (χ4v) is 2.84. The van der Waals surface area contributed by atoms with Crippen molar-refractivity contribution < 1.29 is 9.53 Å². The van der Waals surface area contributed by atoms with Crippen molar-refractivity contribution in [3.05, 3.63) is 0 Å². The van der Waals surface area contributed by atoms with Gasteiger partial charge in [0.2, 0.25) is 0 Å². The molecule has 1 aliphatic heterocycles. The van der Waals surface area contributed by atoms with Gasteiger partial charge in [-0.05, 0) is 46.6 Å². The number of carbonyl (C=O) groups excluding carboxylic acids is 1. The van der Waals surface area contributed by atoms with Crippen LogP contribution in [0, 0.1) is 5.41 Å². The van der Waals surface area contributed by atoms with Crippen molar-refractivity contribution in [1.29, 1.82) is 0 Å². The Hall–Kier alpha value is -0.480. The zero-order valence-electron chi connectivity index (χ0n) is 11.5. The fourth-order valence-electron chi connectivity index (χ4n) is 2.84. The van der Waals surface area contributed by atoms with E-state index >= 15 is 0 Å². The van der Waals surface area contributed by atoms with Gasteiger partial charge in [-0.3, -0.25) is 0 Å². The van der Waals surface area contributed by atoms with Crippen LogP contribution in [0.4, 0.5) is 4.79 Å². The number of ether oxygens (including phenoxy) is 1. The zero-order chi connectivity index (χ0) is 12.5. The Morgan fingerprint density at radius 2 is 2.06 bits per heavy atom. The summed E-state index contributed by atoms with van der Waals surface area (Å²) in [6.07, 6.45) is 4.48. The predicted molar refractivity (Wildman–Crippen MR) is 74.2 cm³/mol. The molecule has 1 heterocycles. The zero-order valence-corrected chi connectivity index (χ0v) is 12.4. The van der Waals surface area contributed by atoms with Crippen LogP contribution in [0.5, 0.6) is 0 Å². The van der Waals surface area contributed by atoms with E-state index < -0.39 is 5.60 Å². The molecule has 0 aromatic heterocycles. The second-order valence-corrected chi connectivity index (χ2v) is 6.38. The number of alkyl carbamates (subject to hydrolysis) is 1. The van der Waals surface area contributed by atoms with Crippen LogP contribution in [-0.4, -0.2) is 30.8 Å². The third-order valence-electron chi connectivity index (χ3n) is 3.87. The third kappa shape index (κ3) is 3.51. The Kier molecular flexibility index (Phi) is 4.90. The summed E-state index contributed by atoms with van der Waals surface area (Å²) < 4.78 is 5.33. The van der Waals surface area contributed by atoms with Gasteiger partial charge in [0.05, 0.1) is 0 Å². The summed E-state index contributed by atoms with van der Waals surface area (Å²) in [5, 5.41) is 6.50. The summed E-state index contributed by atoms with van der Waals surface area (Å²) >= 11 is 0. The van der Waals surface area contributed by atoms with Crippen LogP contribution in [0.3, 0.4) is 0 Å². The van der Waals surface area contributed by atoms with E-state index in [1.165, 1.54) is 19.3 Å². The molecule has 2 rings (SSSR count). The highest BCUT2D eigenvalue weighted by Gasteiger charge is 2.46. The van der Waals surface area contributed by atoms with Crippen molar-refractivity contribution >= 4 is 18.5 Å². The first-order chi connectivity index (χ1) is 7.91. The van der Waals surface area contributed by atoms with E-state index in [0.29, 0.717) is 5.41 Å². The van der Waals surface area contributed by atoms with Gasteiger partial charge >= 0.3 is 6.09 Å². The molecule has 1 saturated carbocycles. The Balaban J connectivity index is 0.00000162. The maximum Gasteiger partial charge on any atom is 0.407 e. The Morgan fingerprint density at radius 1 is 1.39 bits per heavy atom. The maximum atomic E-state index is 11.8. The molecule has 5 heteroatoms. The number of nitrogens with one attached hydrogen (secondary N) is 2. The first-order valence-electron chi connectivity index (χ1n) is 6.62. The molecule has 1 unspecified atom stereocenters. The second-order valence-electron chi connectivity index (χ2n) is 6.38. The standard InChI is InChI=1S/C13H24N2O2.ClH/c1-12(2,3)17-11(16)15-10-5-8-14-9-13(10)6-4-7-13;/h10,14H,4-9H2,1-3H3,(H,15,16);1H. The van der Waals surface area contributed by atoms with Gasteiger partial charge < -0.3 is 15.4 Å². The van der Waals surface area contributed by atoms with E-state index in [1.54, 1.807) is 0 Å². The number of piperidine rings is 1. The average molecular weight is 277 g/mol. The Labute approximate surface area is 116 Å². The molecule has 2 fully saturated rings. The average Bonchev–Trinajstić information content (AvgIpc) is 2.12. The molecule has 1 saturated heterocycles. The molecule has 1 spiro atoms. The van der Waals surface area contributed by atoms with E-state index in [4.69, 9.17) is 4.74 Å². The molecule has 18 heavy (non-hydrogen) atoms. The number of halogens is 1. The molecule has 1 aliphatic carbocycles. The lowest BCUT2D eigenvalue weighted by Gasteiger charge is -2.50. The van der Waals surface area contributed by atoms with Crippen molar-refractivity contribution in [1.82, 2.24) is 10.6 Å². The van der Waals surface area contributed by atoms with Crippen molar-refractivity contribution in [2.45, 2.75) is 58.1 Å². The lowest BCUT2D eigenvalue weighted by molar-refractivity contribution is 0.0201. The molecule has 2 aliphatic rings. The van der Waals surface area contributed by atoms with Crippen LogP contribution in [0.15, 0.2) is 0 Å². The Morgan fingerprint density at radius 3 is 2.56 bits per heavy atom. The van der Waals surface area contributed by atoms with Gasteiger partial charge in [0, 0.05) is 18.0 Å². The van der Waals surface area contributed by atoms with Crippen LogP contribution in [-0.2, 0) is 4.74 Å². The molecule has 0 aromatic carbocycles. The number of carbonyl (C=O) groups is 1. The molecule has 1 atom stereocenters. The van der Waals surface area contributed by atoms with Crippen molar-refractivity contribution in [3.8, 4) is 0 Å². The van der Waals surface area contributed by atoms with Gasteiger partial charge in [0.15, 0.2) is 0 Å². The monoisotopic (exact) mass is 276 g/mol. The first kappa shape index (κ1) is 15.6. The second kappa shape index (κ2) is 5.66. The topological polar surface area (TPSA) is 50.4 Å².